The molecule has 1 heterocycles. The molecule has 3 aliphatic rings. The number of hydrogen-bond acceptors (Lipinski definition) is 2. The van der Waals surface area contributed by atoms with Crippen molar-refractivity contribution in [2.75, 3.05) is 6.54 Å². The Labute approximate surface area is 78.4 Å². The summed E-state index contributed by atoms with van der Waals surface area (Å²) in [5.74, 6) is 0.623. The largest absolute Gasteiger partial charge is 0.184 e. The number of hydrogen-bond donors (Lipinski definition) is 0. The van der Waals surface area contributed by atoms with Crippen molar-refractivity contribution >= 4 is 0 Å². The molecule has 0 aromatic carbocycles. The molecule has 0 saturated carbocycles. The number of rotatable bonds is 0. The predicted molar refractivity (Wildman–Crippen MR) is 51.4 cm³/mol. The molecule has 0 saturated heterocycles. The van der Waals surface area contributed by atoms with Gasteiger partial charge in [0, 0.05) is 11.5 Å². The van der Waals surface area contributed by atoms with Crippen LogP contribution in [0.2, 0.25) is 0 Å². The highest BCUT2D eigenvalue weighted by Gasteiger charge is 2.30. The SMILES string of the molecule is C[C@@H]1CC2=C(CCC2)C2=C1N=NC2. The van der Waals surface area contributed by atoms with Crippen LogP contribution in [0, 0.1) is 5.92 Å². The van der Waals surface area contributed by atoms with E-state index < -0.39 is 0 Å². The van der Waals surface area contributed by atoms with Gasteiger partial charge in [0.1, 0.15) is 0 Å². The van der Waals surface area contributed by atoms with Crippen molar-refractivity contribution in [2.24, 2.45) is 16.1 Å². The Bertz CT molecular complexity index is 347. The van der Waals surface area contributed by atoms with Gasteiger partial charge in [-0.05, 0) is 31.3 Å². The van der Waals surface area contributed by atoms with Crippen molar-refractivity contribution in [1.29, 1.82) is 0 Å². The fourth-order valence-corrected chi connectivity index (χ4v) is 2.83. The fourth-order valence-electron chi connectivity index (χ4n) is 2.83. The second-order valence-corrected chi connectivity index (χ2v) is 4.30. The molecule has 3 rings (SSSR count). The Balaban J connectivity index is 2.09. The van der Waals surface area contributed by atoms with Crippen LogP contribution in [0.4, 0.5) is 0 Å². The molecule has 2 aliphatic carbocycles. The summed E-state index contributed by atoms with van der Waals surface area (Å²) < 4.78 is 0. The second-order valence-electron chi connectivity index (χ2n) is 4.30. The molecule has 1 atom stereocenters. The molecular formula is C11H14N2. The molecule has 2 heteroatoms. The second kappa shape index (κ2) is 2.53. The van der Waals surface area contributed by atoms with Crippen LogP contribution in [0.25, 0.3) is 0 Å². The number of azo groups is 1. The van der Waals surface area contributed by atoms with Crippen molar-refractivity contribution in [3.8, 4) is 0 Å². The minimum absolute atomic E-state index is 0.623. The van der Waals surface area contributed by atoms with Crippen LogP contribution in [0.15, 0.2) is 32.6 Å². The van der Waals surface area contributed by atoms with Crippen LogP contribution >= 0.6 is 0 Å². The van der Waals surface area contributed by atoms with Gasteiger partial charge >= 0.3 is 0 Å². The highest BCUT2D eigenvalue weighted by molar-refractivity contribution is 5.47. The van der Waals surface area contributed by atoms with Gasteiger partial charge in [-0.25, -0.2) is 0 Å². The zero-order valence-electron chi connectivity index (χ0n) is 8.01. The molecule has 0 N–H and O–H groups in total. The van der Waals surface area contributed by atoms with Crippen LogP contribution in [0.3, 0.4) is 0 Å². The molecule has 0 spiro atoms. The Kier molecular flexibility index (Phi) is 1.46. The van der Waals surface area contributed by atoms with Gasteiger partial charge in [-0.3, -0.25) is 0 Å². The first-order valence-electron chi connectivity index (χ1n) is 5.18. The topological polar surface area (TPSA) is 24.7 Å². The molecular weight excluding hydrogens is 160 g/mol. The normalized spacial score (nSPS) is 31.3. The summed E-state index contributed by atoms with van der Waals surface area (Å²) in [4.78, 5) is 0. The quantitative estimate of drug-likeness (QED) is 0.538. The first-order chi connectivity index (χ1) is 6.36. The Hall–Kier alpha value is -0.920. The van der Waals surface area contributed by atoms with E-state index in [0.717, 1.165) is 6.54 Å². The molecule has 0 amide bonds. The molecule has 0 unspecified atom stereocenters. The van der Waals surface area contributed by atoms with Crippen molar-refractivity contribution in [3.05, 3.63) is 22.4 Å². The van der Waals surface area contributed by atoms with E-state index in [0.29, 0.717) is 5.92 Å². The van der Waals surface area contributed by atoms with Gasteiger partial charge in [0.15, 0.2) is 0 Å². The zero-order chi connectivity index (χ0) is 8.84. The van der Waals surface area contributed by atoms with E-state index in [9.17, 15) is 0 Å². The average Bonchev–Trinajstić information content (AvgIpc) is 2.66. The van der Waals surface area contributed by atoms with Crippen molar-refractivity contribution in [1.82, 2.24) is 0 Å². The third-order valence-electron chi connectivity index (χ3n) is 3.43. The number of allylic oxidation sites excluding steroid dienone is 2. The Morgan fingerprint density at radius 3 is 3.08 bits per heavy atom. The Morgan fingerprint density at radius 1 is 1.23 bits per heavy atom. The van der Waals surface area contributed by atoms with Gasteiger partial charge in [0.2, 0.25) is 0 Å². The standard InChI is InChI=1S/C11H14N2/c1-7-5-8-3-2-4-9(8)10-6-12-13-11(7)10/h7H,2-6H2,1H3/t7-/m1/s1. The average molecular weight is 174 g/mol. The third kappa shape index (κ3) is 0.946. The van der Waals surface area contributed by atoms with Gasteiger partial charge in [-0.1, -0.05) is 12.5 Å². The Morgan fingerprint density at radius 2 is 2.15 bits per heavy atom. The maximum atomic E-state index is 4.27. The van der Waals surface area contributed by atoms with Crippen LogP contribution in [0.5, 0.6) is 0 Å². The predicted octanol–water partition coefficient (Wildman–Crippen LogP) is 3.23. The van der Waals surface area contributed by atoms with Crippen LogP contribution in [0.1, 0.15) is 32.6 Å². The summed E-state index contributed by atoms with van der Waals surface area (Å²) in [5.41, 5.74) is 6.10. The molecule has 0 fully saturated rings. The smallest absolute Gasteiger partial charge is 0.0874 e. The molecule has 0 aromatic heterocycles. The monoisotopic (exact) mass is 174 g/mol. The molecule has 0 aromatic rings. The lowest BCUT2D eigenvalue weighted by molar-refractivity contribution is 0.635. The fraction of sp³-hybridized carbons (Fsp3) is 0.636. The number of fused-ring (bicyclic) bond motifs is 1. The summed E-state index contributed by atoms with van der Waals surface area (Å²) in [6.45, 7) is 3.14. The summed E-state index contributed by atoms with van der Waals surface area (Å²) in [5, 5.41) is 8.43. The molecule has 68 valence electrons. The van der Waals surface area contributed by atoms with Crippen molar-refractivity contribution < 1.29 is 0 Å². The summed E-state index contributed by atoms with van der Waals surface area (Å²) in [7, 11) is 0. The van der Waals surface area contributed by atoms with E-state index in [1.165, 1.54) is 37.0 Å². The van der Waals surface area contributed by atoms with Crippen molar-refractivity contribution in [3.63, 3.8) is 0 Å². The van der Waals surface area contributed by atoms with Crippen LogP contribution in [-0.4, -0.2) is 6.54 Å². The summed E-state index contributed by atoms with van der Waals surface area (Å²) >= 11 is 0. The van der Waals surface area contributed by atoms with E-state index in [-0.39, 0.29) is 0 Å². The lowest BCUT2D eigenvalue weighted by Crippen LogP contribution is -2.08. The van der Waals surface area contributed by atoms with Gasteiger partial charge in [0.25, 0.3) is 0 Å². The maximum absolute atomic E-state index is 4.27. The van der Waals surface area contributed by atoms with Crippen LogP contribution < -0.4 is 0 Å². The lowest BCUT2D eigenvalue weighted by Gasteiger charge is -2.20. The van der Waals surface area contributed by atoms with E-state index in [4.69, 9.17) is 0 Å². The highest BCUT2D eigenvalue weighted by atomic mass is 15.1. The van der Waals surface area contributed by atoms with Gasteiger partial charge in [-0.15, -0.1) is 0 Å². The van der Waals surface area contributed by atoms with E-state index in [1.807, 2.05) is 0 Å². The van der Waals surface area contributed by atoms with Crippen molar-refractivity contribution in [2.45, 2.75) is 32.6 Å². The first-order valence-corrected chi connectivity index (χ1v) is 5.18. The van der Waals surface area contributed by atoms with E-state index in [2.05, 4.69) is 17.2 Å². The number of nitrogens with zero attached hydrogens (tertiary/aromatic N) is 2. The van der Waals surface area contributed by atoms with Crippen LogP contribution in [-0.2, 0) is 0 Å². The summed E-state index contributed by atoms with van der Waals surface area (Å²) in [6, 6.07) is 0. The van der Waals surface area contributed by atoms with E-state index >= 15 is 0 Å². The minimum atomic E-state index is 0.623. The zero-order valence-corrected chi connectivity index (χ0v) is 8.01. The molecule has 13 heavy (non-hydrogen) atoms. The minimum Gasteiger partial charge on any atom is -0.184 e. The van der Waals surface area contributed by atoms with Gasteiger partial charge in [-0.2, -0.15) is 10.2 Å². The highest BCUT2D eigenvalue weighted by Crippen LogP contribution is 2.44. The van der Waals surface area contributed by atoms with E-state index in [1.54, 1.807) is 11.1 Å². The summed E-state index contributed by atoms with van der Waals surface area (Å²) in [6.07, 6.45) is 5.21. The molecule has 0 bridgehead atoms. The third-order valence-corrected chi connectivity index (χ3v) is 3.43. The van der Waals surface area contributed by atoms with Gasteiger partial charge in [0.05, 0.1) is 12.2 Å². The lowest BCUT2D eigenvalue weighted by atomic mass is 9.85. The maximum Gasteiger partial charge on any atom is 0.0874 e. The molecule has 2 nitrogen and oxygen atoms in total. The first kappa shape index (κ1) is 7.48. The molecule has 0 radical (unpaired) electrons. The molecule has 1 aliphatic heterocycles. The van der Waals surface area contributed by atoms with Gasteiger partial charge < -0.3 is 0 Å².